The SMILES string of the molecule is NC(=O)C1COCCN1Cc1cc2ccccc2[nH]c1=O. The number of primary amides is 1. The van der Waals surface area contributed by atoms with Crippen molar-refractivity contribution in [3.8, 4) is 0 Å². The minimum absolute atomic E-state index is 0.136. The van der Waals surface area contributed by atoms with E-state index in [2.05, 4.69) is 4.98 Å². The van der Waals surface area contributed by atoms with Crippen LogP contribution in [0.4, 0.5) is 0 Å². The molecule has 6 heteroatoms. The monoisotopic (exact) mass is 287 g/mol. The molecular formula is C15H17N3O3. The zero-order valence-electron chi connectivity index (χ0n) is 11.5. The number of para-hydroxylation sites is 1. The number of benzene rings is 1. The van der Waals surface area contributed by atoms with Crippen molar-refractivity contribution in [2.24, 2.45) is 5.73 Å². The first-order chi connectivity index (χ1) is 10.1. The number of hydrogen-bond donors (Lipinski definition) is 2. The molecule has 1 fully saturated rings. The molecule has 1 saturated heterocycles. The summed E-state index contributed by atoms with van der Waals surface area (Å²) in [6.07, 6.45) is 0. The topological polar surface area (TPSA) is 88.4 Å². The van der Waals surface area contributed by atoms with Crippen LogP contribution >= 0.6 is 0 Å². The fourth-order valence-electron chi connectivity index (χ4n) is 2.62. The van der Waals surface area contributed by atoms with E-state index in [1.807, 2.05) is 35.2 Å². The Hall–Kier alpha value is -2.18. The minimum atomic E-state index is -0.482. The number of pyridine rings is 1. The molecule has 1 aromatic carbocycles. The number of hydrogen-bond acceptors (Lipinski definition) is 4. The Balaban J connectivity index is 1.91. The lowest BCUT2D eigenvalue weighted by Crippen LogP contribution is -2.52. The normalized spacial score (nSPS) is 19.7. The molecule has 2 aromatic rings. The van der Waals surface area contributed by atoms with Gasteiger partial charge in [-0.05, 0) is 17.5 Å². The molecule has 110 valence electrons. The minimum Gasteiger partial charge on any atom is -0.378 e. The summed E-state index contributed by atoms with van der Waals surface area (Å²) in [5.74, 6) is -0.424. The quantitative estimate of drug-likeness (QED) is 0.845. The lowest BCUT2D eigenvalue weighted by molar-refractivity contribution is -0.129. The van der Waals surface area contributed by atoms with Gasteiger partial charge in [-0.1, -0.05) is 18.2 Å². The van der Waals surface area contributed by atoms with Crippen LogP contribution in [0.15, 0.2) is 35.1 Å². The Morgan fingerprint density at radius 3 is 3.05 bits per heavy atom. The zero-order valence-corrected chi connectivity index (χ0v) is 11.5. The third-order valence-electron chi connectivity index (χ3n) is 3.77. The second-order valence-electron chi connectivity index (χ2n) is 5.17. The number of carbonyl (C=O) groups excluding carboxylic acids is 1. The Morgan fingerprint density at radius 2 is 2.24 bits per heavy atom. The highest BCUT2D eigenvalue weighted by molar-refractivity contribution is 5.80. The van der Waals surface area contributed by atoms with E-state index in [1.54, 1.807) is 0 Å². The van der Waals surface area contributed by atoms with Gasteiger partial charge in [0.05, 0.1) is 13.2 Å². The van der Waals surface area contributed by atoms with E-state index in [0.717, 1.165) is 10.9 Å². The highest BCUT2D eigenvalue weighted by Crippen LogP contribution is 2.14. The van der Waals surface area contributed by atoms with Crippen molar-refractivity contribution in [1.29, 1.82) is 0 Å². The summed E-state index contributed by atoms with van der Waals surface area (Å²) >= 11 is 0. The van der Waals surface area contributed by atoms with Gasteiger partial charge >= 0.3 is 0 Å². The van der Waals surface area contributed by atoms with Crippen molar-refractivity contribution in [3.63, 3.8) is 0 Å². The van der Waals surface area contributed by atoms with Crippen LogP contribution in [0, 0.1) is 0 Å². The lowest BCUT2D eigenvalue weighted by atomic mass is 10.1. The number of morpholine rings is 1. The number of nitrogens with zero attached hydrogens (tertiary/aromatic N) is 1. The number of aromatic amines is 1. The van der Waals surface area contributed by atoms with Crippen LogP contribution in [-0.2, 0) is 16.1 Å². The van der Waals surface area contributed by atoms with Crippen LogP contribution in [0.25, 0.3) is 10.9 Å². The Kier molecular flexibility index (Phi) is 3.72. The van der Waals surface area contributed by atoms with Gasteiger partial charge < -0.3 is 15.5 Å². The fraction of sp³-hybridized carbons (Fsp3) is 0.333. The molecule has 0 saturated carbocycles. The van der Waals surface area contributed by atoms with E-state index < -0.39 is 11.9 Å². The van der Waals surface area contributed by atoms with Gasteiger partial charge in [0.25, 0.3) is 5.56 Å². The van der Waals surface area contributed by atoms with Crippen molar-refractivity contribution >= 4 is 16.8 Å². The number of carbonyl (C=O) groups is 1. The van der Waals surface area contributed by atoms with Crippen molar-refractivity contribution in [2.75, 3.05) is 19.8 Å². The Morgan fingerprint density at radius 1 is 1.43 bits per heavy atom. The maximum atomic E-state index is 12.2. The maximum Gasteiger partial charge on any atom is 0.252 e. The maximum absolute atomic E-state index is 12.2. The first-order valence-corrected chi connectivity index (χ1v) is 6.87. The molecule has 6 nitrogen and oxygen atoms in total. The summed E-state index contributed by atoms with van der Waals surface area (Å²) in [6.45, 7) is 1.78. The number of ether oxygens (including phenoxy) is 1. The summed E-state index contributed by atoms with van der Waals surface area (Å²) in [6, 6.07) is 8.99. The average Bonchev–Trinajstić information content (AvgIpc) is 2.48. The van der Waals surface area contributed by atoms with E-state index in [0.29, 0.717) is 25.3 Å². The van der Waals surface area contributed by atoms with Crippen LogP contribution in [-0.4, -0.2) is 41.6 Å². The number of rotatable bonds is 3. The number of nitrogens with one attached hydrogen (secondary N) is 1. The smallest absolute Gasteiger partial charge is 0.252 e. The summed E-state index contributed by atoms with van der Waals surface area (Å²) in [7, 11) is 0. The van der Waals surface area contributed by atoms with Gasteiger partial charge in [0, 0.05) is 24.2 Å². The molecule has 1 atom stereocenters. The molecule has 0 radical (unpaired) electrons. The molecule has 1 unspecified atom stereocenters. The van der Waals surface area contributed by atoms with E-state index in [1.165, 1.54) is 0 Å². The summed E-state index contributed by atoms with van der Waals surface area (Å²) in [5, 5.41) is 0.969. The second kappa shape index (κ2) is 5.67. The van der Waals surface area contributed by atoms with E-state index in [9.17, 15) is 9.59 Å². The van der Waals surface area contributed by atoms with E-state index in [-0.39, 0.29) is 12.2 Å². The third kappa shape index (κ3) is 2.81. The number of amides is 1. The zero-order chi connectivity index (χ0) is 14.8. The highest BCUT2D eigenvalue weighted by Gasteiger charge is 2.28. The largest absolute Gasteiger partial charge is 0.378 e. The average molecular weight is 287 g/mol. The standard InChI is InChI=1S/C15H17N3O3/c16-14(19)13-9-21-6-5-18(13)8-11-7-10-3-1-2-4-12(10)17-15(11)20/h1-4,7,13H,5-6,8-9H2,(H2,16,19)(H,17,20). The van der Waals surface area contributed by atoms with E-state index >= 15 is 0 Å². The second-order valence-corrected chi connectivity index (χ2v) is 5.17. The number of fused-ring (bicyclic) bond motifs is 1. The van der Waals surface area contributed by atoms with Crippen molar-refractivity contribution in [2.45, 2.75) is 12.6 Å². The van der Waals surface area contributed by atoms with Gasteiger partial charge in [-0.3, -0.25) is 14.5 Å². The van der Waals surface area contributed by atoms with Crippen LogP contribution in [0.3, 0.4) is 0 Å². The molecule has 0 bridgehead atoms. The molecule has 1 aliphatic heterocycles. The highest BCUT2D eigenvalue weighted by atomic mass is 16.5. The number of aromatic nitrogens is 1. The van der Waals surface area contributed by atoms with Gasteiger partial charge in [0.2, 0.25) is 5.91 Å². The third-order valence-corrected chi connectivity index (χ3v) is 3.77. The van der Waals surface area contributed by atoms with Crippen molar-refractivity contribution < 1.29 is 9.53 Å². The number of nitrogens with two attached hydrogens (primary N) is 1. The Bertz CT molecular complexity index is 725. The van der Waals surface area contributed by atoms with Crippen LogP contribution in [0.1, 0.15) is 5.56 Å². The molecular weight excluding hydrogens is 270 g/mol. The molecule has 1 aliphatic rings. The first kappa shape index (κ1) is 13.8. The van der Waals surface area contributed by atoms with Crippen LogP contribution in [0.5, 0.6) is 0 Å². The van der Waals surface area contributed by atoms with Crippen molar-refractivity contribution in [3.05, 3.63) is 46.2 Å². The van der Waals surface area contributed by atoms with Gasteiger partial charge in [-0.15, -0.1) is 0 Å². The van der Waals surface area contributed by atoms with Crippen LogP contribution in [0.2, 0.25) is 0 Å². The molecule has 1 amide bonds. The van der Waals surface area contributed by atoms with Gasteiger partial charge in [-0.2, -0.15) is 0 Å². The molecule has 2 heterocycles. The lowest BCUT2D eigenvalue weighted by Gasteiger charge is -2.33. The Labute approximate surface area is 121 Å². The predicted molar refractivity (Wildman–Crippen MR) is 78.8 cm³/mol. The first-order valence-electron chi connectivity index (χ1n) is 6.87. The van der Waals surface area contributed by atoms with Gasteiger partial charge in [0.15, 0.2) is 0 Å². The number of H-pyrrole nitrogens is 1. The molecule has 21 heavy (non-hydrogen) atoms. The molecule has 3 N–H and O–H groups in total. The van der Waals surface area contributed by atoms with E-state index in [4.69, 9.17) is 10.5 Å². The molecule has 1 aromatic heterocycles. The van der Waals surface area contributed by atoms with Gasteiger partial charge in [0.1, 0.15) is 6.04 Å². The molecule has 3 rings (SSSR count). The summed E-state index contributed by atoms with van der Waals surface area (Å²) < 4.78 is 5.28. The molecule has 0 aliphatic carbocycles. The summed E-state index contributed by atoms with van der Waals surface area (Å²) in [5.41, 5.74) is 6.69. The predicted octanol–water partition coefficient (Wildman–Crippen LogP) is 0.214. The fourth-order valence-corrected chi connectivity index (χ4v) is 2.62. The van der Waals surface area contributed by atoms with Crippen LogP contribution < -0.4 is 11.3 Å². The van der Waals surface area contributed by atoms with Crippen molar-refractivity contribution in [1.82, 2.24) is 9.88 Å². The van der Waals surface area contributed by atoms with Gasteiger partial charge in [-0.25, -0.2) is 0 Å². The molecule has 0 spiro atoms. The summed E-state index contributed by atoms with van der Waals surface area (Å²) in [4.78, 5) is 28.4.